The maximum absolute atomic E-state index is 5.62. The number of thiazole rings is 1. The number of aromatic nitrogens is 3. The molecule has 0 unspecified atom stereocenters. The molecule has 3 aromatic rings. The van der Waals surface area contributed by atoms with Gasteiger partial charge in [0.1, 0.15) is 5.65 Å². The van der Waals surface area contributed by atoms with E-state index in [0.717, 1.165) is 31.4 Å². The number of aromatic amines is 1. The minimum absolute atomic E-state index is 0.630. The Morgan fingerprint density at radius 1 is 1.11 bits per heavy atom. The maximum atomic E-state index is 5.62. The molecule has 27 heavy (non-hydrogen) atoms. The molecule has 5 rings (SSSR count). The van der Waals surface area contributed by atoms with Gasteiger partial charge in [0.05, 0.1) is 17.0 Å². The van der Waals surface area contributed by atoms with Crippen LogP contribution in [0.3, 0.4) is 0 Å². The van der Waals surface area contributed by atoms with Crippen LogP contribution in [-0.2, 0) is 4.74 Å². The van der Waals surface area contributed by atoms with Crippen molar-refractivity contribution in [2.45, 2.75) is 44.1 Å². The molecular weight excluding hydrogens is 356 g/mol. The molecule has 2 fully saturated rings. The summed E-state index contributed by atoms with van der Waals surface area (Å²) in [5.74, 6) is 0.630. The Hall–Kier alpha value is -1.76. The highest BCUT2D eigenvalue weighted by Gasteiger charge is 2.27. The van der Waals surface area contributed by atoms with Gasteiger partial charge < -0.3 is 9.72 Å². The molecule has 1 N–H and O–H groups in total. The van der Waals surface area contributed by atoms with Crippen molar-refractivity contribution in [2.75, 3.05) is 26.3 Å². The molecule has 1 saturated carbocycles. The molecule has 0 radical (unpaired) electrons. The van der Waals surface area contributed by atoms with Crippen molar-refractivity contribution in [1.29, 1.82) is 0 Å². The Kier molecular flexibility index (Phi) is 4.95. The Balaban J connectivity index is 1.32. The third kappa shape index (κ3) is 3.53. The summed E-state index contributed by atoms with van der Waals surface area (Å²) in [6.45, 7) is 4.12. The van der Waals surface area contributed by atoms with Crippen LogP contribution in [0, 0.1) is 0 Å². The van der Waals surface area contributed by atoms with Crippen LogP contribution in [0.15, 0.2) is 30.2 Å². The van der Waals surface area contributed by atoms with Crippen molar-refractivity contribution < 1.29 is 4.74 Å². The fourth-order valence-electron chi connectivity index (χ4n) is 4.70. The first-order valence-electron chi connectivity index (χ1n) is 10.1. The lowest BCUT2D eigenvalue weighted by Crippen LogP contribution is -2.39. The van der Waals surface area contributed by atoms with Crippen LogP contribution in [0.4, 0.5) is 0 Å². The predicted octanol–water partition coefficient (Wildman–Crippen LogP) is 4.43. The van der Waals surface area contributed by atoms with Gasteiger partial charge in [0.25, 0.3) is 0 Å². The molecule has 3 aromatic heterocycles. The molecule has 1 saturated heterocycles. The fraction of sp³-hybridized carbons (Fsp3) is 0.524. The normalized spacial score (nSPS) is 24.9. The van der Waals surface area contributed by atoms with Crippen LogP contribution in [0.5, 0.6) is 0 Å². The average molecular weight is 383 g/mol. The van der Waals surface area contributed by atoms with Gasteiger partial charge in [0.15, 0.2) is 0 Å². The van der Waals surface area contributed by atoms with Crippen molar-refractivity contribution in [3.63, 3.8) is 0 Å². The second-order valence-electron chi connectivity index (χ2n) is 7.74. The zero-order chi connectivity index (χ0) is 18.1. The van der Waals surface area contributed by atoms with Gasteiger partial charge in [0.2, 0.25) is 0 Å². The van der Waals surface area contributed by atoms with Crippen LogP contribution < -0.4 is 0 Å². The zero-order valence-electron chi connectivity index (χ0n) is 15.6. The van der Waals surface area contributed by atoms with E-state index >= 15 is 0 Å². The van der Waals surface area contributed by atoms with Crippen LogP contribution in [0.1, 0.15) is 43.6 Å². The minimum Gasteiger partial charge on any atom is -0.380 e. The van der Waals surface area contributed by atoms with E-state index < -0.39 is 0 Å². The van der Waals surface area contributed by atoms with E-state index in [1.807, 2.05) is 11.7 Å². The van der Waals surface area contributed by atoms with E-state index in [-0.39, 0.29) is 0 Å². The molecule has 142 valence electrons. The van der Waals surface area contributed by atoms with Gasteiger partial charge in [-0.3, -0.25) is 9.88 Å². The number of H-pyrrole nitrogens is 1. The summed E-state index contributed by atoms with van der Waals surface area (Å²) in [5.41, 5.74) is 5.48. The molecule has 0 spiro atoms. The van der Waals surface area contributed by atoms with Gasteiger partial charge in [0, 0.05) is 55.3 Å². The van der Waals surface area contributed by atoms with Crippen LogP contribution in [-0.4, -0.2) is 52.2 Å². The second-order valence-corrected chi connectivity index (χ2v) is 8.63. The summed E-state index contributed by atoms with van der Waals surface area (Å²) in [7, 11) is 0. The molecular formula is C21H26N4OS. The Morgan fingerprint density at radius 3 is 2.89 bits per heavy atom. The van der Waals surface area contributed by atoms with Crippen LogP contribution in [0.25, 0.3) is 21.5 Å². The van der Waals surface area contributed by atoms with Gasteiger partial charge >= 0.3 is 0 Å². The van der Waals surface area contributed by atoms with E-state index in [9.17, 15) is 0 Å². The molecule has 0 atom stereocenters. The molecule has 0 aromatic carbocycles. The number of rotatable bonds is 3. The molecule has 0 bridgehead atoms. The third-order valence-electron chi connectivity index (χ3n) is 6.19. The number of nitrogens with one attached hydrogen (secondary N) is 1. The first-order valence-corrected chi connectivity index (χ1v) is 10.9. The Labute approximate surface area is 163 Å². The van der Waals surface area contributed by atoms with Crippen molar-refractivity contribution >= 4 is 22.4 Å². The van der Waals surface area contributed by atoms with Gasteiger partial charge in [-0.15, -0.1) is 11.3 Å². The monoisotopic (exact) mass is 382 g/mol. The van der Waals surface area contributed by atoms with Gasteiger partial charge in [-0.2, -0.15) is 0 Å². The summed E-state index contributed by atoms with van der Waals surface area (Å²) in [6, 6.07) is 3.10. The predicted molar refractivity (Wildman–Crippen MR) is 109 cm³/mol. The molecule has 4 heterocycles. The van der Waals surface area contributed by atoms with Crippen molar-refractivity contribution in [2.24, 2.45) is 0 Å². The zero-order valence-corrected chi connectivity index (χ0v) is 16.4. The van der Waals surface area contributed by atoms with E-state index in [1.54, 1.807) is 11.3 Å². The Morgan fingerprint density at radius 2 is 2.04 bits per heavy atom. The number of fused-ring (bicyclic) bond motifs is 1. The molecule has 0 amide bonds. The lowest BCUT2D eigenvalue weighted by Gasteiger charge is -2.36. The van der Waals surface area contributed by atoms with Crippen molar-refractivity contribution in [1.82, 2.24) is 19.9 Å². The standard InChI is InChI=1S/C21H26N4OS/c1-6-25(7-9-26-8-1)17-4-2-15(3-5-17)16-10-18-19(20-13-22-14-27-20)12-24-21(18)23-11-16/h10-15,17H,1-9H2,(H,23,24)/t15-,17-. The molecule has 1 aliphatic heterocycles. The highest BCUT2D eigenvalue weighted by atomic mass is 32.1. The number of hydrogen-bond donors (Lipinski definition) is 1. The van der Waals surface area contributed by atoms with Gasteiger partial charge in [-0.05, 0) is 49.7 Å². The highest BCUT2D eigenvalue weighted by Crippen LogP contribution is 2.37. The lowest BCUT2D eigenvalue weighted by atomic mass is 9.81. The molecule has 1 aliphatic carbocycles. The SMILES string of the molecule is c1ncc(-c2c[nH]c3ncc([C@H]4CC[C@H](N5CCCOCC5)CC4)cc23)s1. The summed E-state index contributed by atoms with van der Waals surface area (Å²) in [5, 5.41) is 1.23. The van der Waals surface area contributed by atoms with E-state index in [0.29, 0.717) is 5.92 Å². The summed E-state index contributed by atoms with van der Waals surface area (Å²) in [4.78, 5) is 16.1. The summed E-state index contributed by atoms with van der Waals surface area (Å²) < 4.78 is 5.62. The average Bonchev–Trinajstić information content (AvgIpc) is 3.30. The molecule has 5 nitrogen and oxygen atoms in total. The molecule has 2 aliphatic rings. The first kappa shape index (κ1) is 17.3. The first-order chi connectivity index (χ1) is 13.4. The van der Waals surface area contributed by atoms with Gasteiger partial charge in [-0.25, -0.2) is 4.98 Å². The lowest BCUT2D eigenvalue weighted by molar-refractivity contribution is 0.118. The summed E-state index contributed by atoms with van der Waals surface area (Å²) >= 11 is 1.68. The number of pyridine rings is 1. The minimum atomic E-state index is 0.630. The van der Waals surface area contributed by atoms with E-state index in [1.165, 1.54) is 60.0 Å². The quantitative estimate of drug-likeness (QED) is 0.728. The van der Waals surface area contributed by atoms with Crippen LogP contribution >= 0.6 is 11.3 Å². The number of ether oxygens (including phenoxy) is 1. The second kappa shape index (κ2) is 7.70. The number of nitrogens with zero attached hydrogens (tertiary/aromatic N) is 3. The van der Waals surface area contributed by atoms with Crippen molar-refractivity contribution in [3.05, 3.63) is 35.7 Å². The highest BCUT2D eigenvalue weighted by molar-refractivity contribution is 7.13. The largest absolute Gasteiger partial charge is 0.380 e. The van der Waals surface area contributed by atoms with E-state index in [4.69, 9.17) is 9.72 Å². The van der Waals surface area contributed by atoms with Crippen molar-refractivity contribution in [3.8, 4) is 10.4 Å². The smallest absolute Gasteiger partial charge is 0.137 e. The van der Waals surface area contributed by atoms with E-state index in [2.05, 4.69) is 33.3 Å². The number of hydrogen-bond acceptors (Lipinski definition) is 5. The van der Waals surface area contributed by atoms with Gasteiger partial charge in [-0.1, -0.05) is 0 Å². The topological polar surface area (TPSA) is 54.0 Å². The fourth-order valence-corrected chi connectivity index (χ4v) is 5.35. The van der Waals surface area contributed by atoms with Crippen LogP contribution in [0.2, 0.25) is 0 Å². The Bertz CT molecular complexity index is 875. The third-order valence-corrected chi connectivity index (χ3v) is 7.00. The molecule has 6 heteroatoms. The summed E-state index contributed by atoms with van der Waals surface area (Å²) in [6.07, 6.45) is 12.4. The maximum Gasteiger partial charge on any atom is 0.137 e.